The number of hydrogen-bond acceptors (Lipinski definition) is 2. The highest BCUT2D eigenvalue weighted by molar-refractivity contribution is 5.29. The lowest BCUT2D eigenvalue weighted by molar-refractivity contribution is 0.631. The van der Waals surface area contributed by atoms with Gasteiger partial charge in [-0.15, -0.1) is 6.58 Å². The van der Waals surface area contributed by atoms with Crippen molar-refractivity contribution < 1.29 is 0 Å². The number of hydrogen-bond donors (Lipinski definition) is 1. The fourth-order valence-corrected chi connectivity index (χ4v) is 1.57. The summed E-state index contributed by atoms with van der Waals surface area (Å²) in [5, 5.41) is 3.25. The summed E-state index contributed by atoms with van der Waals surface area (Å²) in [4.78, 5) is 4.43. The van der Waals surface area contributed by atoms with Crippen LogP contribution in [-0.4, -0.2) is 16.1 Å². The first-order valence-corrected chi connectivity index (χ1v) is 5.18. The van der Waals surface area contributed by atoms with Gasteiger partial charge in [-0.1, -0.05) is 6.08 Å². The van der Waals surface area contributed by atoms with Crippen LogP contribution in [0, 0.1) is 12.8 Å². The number of nitrogens with zero attached hydrogens (tertiary/aromatic N) is 2. The van der Waals surface area contributed by atoms with Gasteiger partial charge in [0.2, 0.25) is 5.95 Å². The fraction of sp³-hybridized carbons (Fsp3) is 0.545. The van der Waals surface area contributed by atoms with Gasteiger partial charge in [0.25, 0.3) is 0 Å². The maximum absolute atomic E-state index is 4.43. The first-order valence-electron chi connectivity index (χ1n) is 5.18. The Balaban J connectivity index is 2.05. The predicted octanol–water partition coefficient (Wildman–Crippen LogP) is 2.20. The number of aryl methyl sites for hydroxylation is 1. The molecule has 1 aromatic rings. The van der Waals surface area contributed by atoms with Crippen molar-refractivity contribution in [2.75, 3.05) is 11.9 Å². The second-order valence-electron chi connectivity index (χ2n) is 3.97. The normalized spacial score (nSPS) is 15.5. The minimum atomic E-state index is 0.779. The van der Waals surface area contributed by atoms with Crippen LogP contribution in [0.5, 0.6) is 0 Å². The van der Waals surface area contributed by atoms with Gasteiger partial charge in [0, 0.05) is 19.3 Å². The molecule has 3 nitrogen and oxygen atoms in total. The molecule has 14 heavy (non-hydrogen) atoms. The predicted molar refractivity (Wildman–Crippen MR) is 58.4 cm³/mol. The maximum atomic E-state index is 4.43. The lowest BCUT2D eigenvalue weighted by Crippen LogP contribution is -2.07. The van der Waals surface area contributed by atoms with Gasteiger partial charge in [-0.25, -0.2) is 4.98 Å². The Morgan fingerprint density at radius 3 is 3.14 bits per heavy atom. The van der Waals surface area contributed by atoms with Gasteiger partial charge in [-0.05, 0) is 25.7 Å². The molecule has 1 heterocycles. The summed E-state index contributed by atoms with van der Waals surface area (Å²) >= 11 is 0. The molecule has 0 amide bonds. The minimum Gasteiger partial charge on any atom is -0.352 e. The summed E-state index contributed by atoms with van der Waals surface area (Å²) in [5.74, 6) is 1.86. The van der Waals surface area contributed by atoms with Crippen molar-refractivity contribution in [2.24, 2.45) is 5.92 Å². The van der Waals surface area contributed by atoms with Crippen molar-refractivity contribution in [1.29, 1.82) is 0 Å². The molecule has 0 unspecified atom stereocenters. The van der Waals surface area contributed by atoms with E-state index in [1.807, 2.05) is 13.0 Å². The number of imidazole rings is 1. The molecule has 0 aliphatic heterocycles. The average molecular weight is 191 g/mol. The fourth-order valence-electron chi connectivity index (χ4n) is 1.57. The summed E-state index contributed by atoms with van der Waals surface area (Å²) in [7, 11) is 0. The van der Waals surface area contributed by atoms with Crippen molar-refractivity contribution in [1.82, 2.24) is 9.55 Å². The van der Waals surface area contributed by atoms with E-state index < -0.39 is 0 Å². The zero-order chi connectivity index (χ0) is 9.97. The molecule has 1 aromatic heterocycles. The van der Waals surface area contributed by atoms with Crippen molar-refractivity contribution in [3.63, 3.8) is 0 Å². The van der Waals surface area contributed by atoms with E-state index >= 15 is 0 Å². The molecule has 0 spiro atoms. The van der Waals surface area contributed by atoms with E-state index in [0.29, 0.717) is 0 Å². The molecule has 2 rings (SSSR count). The van der Waals surface area contributed by atoms with Crippen LogP contribution in [0.4, 0.5) is 5.95 Å². The Bertz CT molecular complexity index is 323. The zero-order valence-electron chi connectivity index (χ0n) is 8.66. The summed E-state index contributed by atoms with van der Waals surface area (Å²) in [6, 6.07) is 0. The minimum absolute atomic E-state index is 0.779. The topological polar surface area (TPSA) is 29.9 Å². The van der Waals surface area contributed by atoms with Crippen LogP contribution in [0.1, 0.15) is 18.5 Å². The highest BCUT2D eigenvalue weighted by Crippen LogP contribution is 2.31. The third-order valence-corrected chi connectivity index (χ3v) is 2.45. The van der Waals surface area contributed by atoms with Gasteiger partial charge in [-0.2, -0.15) is 0 Å². The molecule has 0 saturated heterocycles. The van der Waals surface area contributed by atoms with Crippen LogP contribution in [0.2, 0.25) is 0 Å². The Morgan fingerprint density at radius 2 is 2.50 bits per heavy atom. The highest BCUT2D eigenvalue weighted by atomic mass is 15.2. The molecule has 0 aromatic carbocycles. The van der Waals surface area contributed by atoms with E-state index in [0.717, 1.165) is 30.6 Å². The molecule has 76 valence electrons. The summed E-state index contributed by atoms with van der Waals surface area (Å²) in [6.45, 7) is 7.61. The van der Waals surface area contributed by atoms with E-state index in [-0.39, 0.29) is 0 Å². The van der Waals surface area contributed by atoms with Crippen LogP contribution >= 0.6 is 0 Å². The third-order valence-electron chi connectivity index (χ3n) is 2.45. The Hall–Kier alpha value is -1.25. The van der Waals surface area contributed by atoms with Gasteiger partial charge in [0.05, 0.1) is 5.69 Å². The quantitative estimate of drug-likeness (QED) is 0.723. The van der Waals surface area contributed by atoms with Crippen molar-refractivity contribution in [3.05, 3.63) is 24.5 Å². The summed E-state index contributed by atoms with van der Waals surface area (Å²) in [5.41, 5.74) is 1.08. The van der Waals surface area contributed by atoms with Gasteiger partial charge >= 0.3 is 0 Å². The largest absolute Gasteiger partial charge is 0.352 e. The maximum Gasteiger partial charge on any atom is 0.203 e. The molecule has 0 radical (unpaired) electrons. The van der Waals surface area contributed by atoms with E-state index in [2.05, 4.69) is 27.6 Å². The van der Waals surface area contributed by atoms with E-state index in [4.69, 9.17) is 0 Å². The number of aromatic nitrogens is 2. The molecule has 0 bridgehead atoms. The van der Waals surface area contributed by atoms with Crippen LogP contribution in [0.25, 0.3) is 0 Å². The number of anilines is 1. The smallest absolute Gasteiger partial charge is 0.203 e. The number of rotatable bonds is 5. The first-order chi connectivity index (χ1) is 6.79. The molecule has 0 atom stereocenters. The molecule has 3 heteroatoms. The van der Waals surface area contributed by atoms with Gasteiger partial charge in [-0.3, -0.25) is 0 Å². The van der Waals surface area contributed by atoms with Crippen LogP contribution in [0.3, 0.4) is 0 Å². The van der Waals surface area contributed by atoms with E-state index in [9.17, 15) is 0 Å². The highest BCUT2D eigenvalue weighted by Gasteiger charge is 2.22. The monoisotopic (exact) mass is 191 g/mol. The average Bonchev–Trinajstić information content (AvgIpc) is 2.88. The second kappa shape index (κ2) is 3.86. The van der Waals surface area contributed by atoms with Crippen molar-refractivity contribution >= 4 is 5.95 Å². The van der Waals surface area contributed by atoms with Gasteiger partial charge < -0.3 is 9.88 Å². The van der Waals surface area contributed by atoms with Crippen LogP contribution < -0.4 is 5.32 Å². The Kier molecular flexibility index (Phi) is 2.57. The SMILES string of the molecule is C=CCNc1nc(C)cn1CC1CC1. The first kappa shape index (κ1) is 9.31. The molecule has 1 fully saturated rings. The molecular weight excluding hydrogens is 174 g/mol. The lowest BCUT2D eigenvalue weighted by Gasteiger charge is -2.06. The van der Waals surface area contributed by atoms with E-state index in [1.54, 1.807) is 0 Å². The number of nitrogens with one attached hydrogen (secondary N) is 1. The molecule has 1 saturated carbocycles. The van der Waals surface area contributed by atoms with E-state index in [1.165, 1.54) is 12.8 Å². The van der Waals surface area contributed by atoms with Crippen LogP contribution in [-0.2, 0) is 6.54 Å². The molecular formula is C11H17N3. The Morgan fingerprint density at radius 1 is 1.71 bits per heavy atom. The van der Waals surface area contributed by atoms with Crippen molar-refractivity contribution in [2.45, 2.75) is 26.3 Å². The van der Waals surface area contributed by atoms with Gasteiger partial charge in [0.15, 0.2) is 0 Å². The molecule has 1 aliphatic rings. The standard InChI is InChI=1S/C11H17N3/c1-3-6-12-11-13-9(2)7-14(11)8-10-4-5-10/h3,7,10H,1,4-6,8H2,2H3,(H,12,13). The third kappa shape index (κ3) is 2.16. The summed E-state index contributed by atoms with van der Waals surface area (Å²) in [6.07, 6.45) is 6.71. The van der Waals surface area contributed by atoms with Gasteiger partial charge in [0.1, 0.15) is 0 Å². The zero-order valence-corrected chi connectivity index (χ0v) is 8.66. The van der Waals surface area contributed by atoms with Crippen LogP contribution in [0.15, 0.2) is 18.9 Å². The van der Waals surface area contributed by atoms with Crippen molar-refractivity contribution in [3.8, 4) is 0 Å². The Labute approximate surface area is 84.8 Å². The second-order valence-corrected chi connectivity index (χ2v) is 3.97. The lowest BCUT2D eigenvalue weighted by atomic mass is 10.4. The molecule has 1 aliphatic carbocycles. The molecule has 1 N–H and O–H groups in total. The summed E-state index contributed by atoms with van der Waals surface area (Å²) < 4.78 is 2.22.